The van der Waals surface area contributed by atoms with Crippen LogP contribution in [0.4, 0.5) is 4.39 Å². The van der Waals surface area contributed by atoms with Crippen LogP contribution in [0.15, 0.2) is 29.2 Å². The van der Waals surface area contributed by atoms with Crippen molar-refractivity contribution in [3.63, 3.8) is 0 Å². The first-order chi connectivity index (χ1) is 8.95. The maximum atomic E-state index is 13.2. The molecule has 1 saturated carbocycles. The molecule has 0 bridgehead atoms. The maximum Gasteiger partial charge on any atom is 0.182 e. The topological polar surface area (TPSA) is 57.9 Å². The third-order valence-corrected chi connectivity index (χ3v) is 5.97. The molecule has 3 unspecified atom stereocenters. The maximum absolute atomic E-state index is 13.2. The molecule has 0 saturated heterocycles. The Hall–Kier alpha value is -1.41. The van der Waals surface area contributed by atoms with Gasteiger partial charge in [-0.25, -0.2) is 12.8 Å². The SMILES string of the molecule is CC1CCC(C#N)C(S(=O)(=O)c2cccc(F)c2)C1. The van der Waals surface area contributed by atoms with E-state index in [1.54, 1.807) is 0 Å². The van der Waals surface area contributed by atoms with Crippen molar-refractivity contribution in [2.24, 2.45) is 11.8 Å². The van der Waals surface area contributed by atoms with Crippen LogP contribution in [-0.2, 0) is 9.84 Å². The molecule has 0 spiro atoms. The summed E-state index contributed by atoms with van der Waals surface area (Å²) in [4.78, 5) is -0.0214. The van der Waals surface area contributed by atoms with E-state index in [4.69, 9.17) is 5.26 Å². The van der Waals surface area contributed by atoms with Crippen LogP contribution in [0.2, 0.25) is 0 Å². The second-order valence-electron chi connectivity index (χ2n) is 5.19. The quantitative estimate of drug-likeness (QED) is 0.837. The largest absolute Gasteiger partial charge is 0.223 e. The van der Waals surface area contributed by atoms with Crippen molar-refractivity contribution in [3.05, 3.63) is 30.1 Å². The molecule has 1 fully saturated rings. The van der Waals surface area contributed by atoms with E-state index in [-0.39, 0.29) is 10.8 Å². The predicted octanol–water partition coefficient (Wildman–Crippen LogP) is 2.93. The summed E-state index contributed by atoms with van der Waals surface area (Å²) >= 11 is 0. The minimum absolute atomic E-state index is 0.0214. The fourth-order valence-corrected chi connectivity index (χ4v) is 4.74. The van der Waals surface area contributed by atoms with E-state index < -0.39 is 26.8 Å². The molecule has 0 aliphatic heterocycles. The highest BCUT2D eigenvalue weighted by atomic mass is 32.2. The molecule has 0 N–H and O–H groups in total. The van der Waals surface area contributed by atoms with E-state index >= 15 is 0 Å². The number of hydrogen-bond donors (Lipinski definition) is 0. The lowest BCUT2D eigenvalue weighted by atomic mass is 9.83. The molecule has 5 heteroatoms. The van der Waals surface area contributed by atoms with Gasteiger partial charge in [-0.15, -0.1) is 0 Å². The van der Waals surface area contributed by atoms with Gasteiger partial charge in [0.25, 0.3) is 0 Å². The van der Waals surface area contributed by atoms with Crippen molar-refractivity contribution in [2.75, 3.05) is 0 Å². The van der Waals surface area contributed by atoms with Crippen LogP contribution in [0.1, 0.15) is 26.2 Å². The molecule has 2 rings (SSSR count). The van der Waals surface area contributed by atoms with Gasteiger partial charge in [0, 0.05) is 0 Å². The van der Waals surface area contributed by atoms with Crippen LogP contribution in [-0.4, -0.2) is 13.7 Å². The average molecular weight is 281 g/mol. The van der Waals surface area contributed by atoms with Crippen molar-refractivity contribution in [1.82, 2.24) is 0 Å². The van der Waals surface area contributed by atoms with E-state index in [1.165, 1.54) is 18.2 Å². The van der Waals surface area contributed by atoms with Crippen LogP contribution in [0.5, 0.6) is 0 Å². The lowest BCUT2D eigenvalue weighted by Gasteiger charge is -2.30. The van der Waals surface area contributed by atoms with Crippen LogP contribution >= 0.6 is 0 Å². The predicted molar refractivity (Wildman–Crippen MR) is 69.5 cm³/mol. The smallest absolute Gasteiger partial charge is 0.182 e. The highest BCUT2D eigenvalue weighted by Gasteiger charge is 2.38. The summed E-state index contributed by atoms with van der Waals surface area (Å²) in [5.41, 5.74) is 0. The van der Waals surface area contributed by atoms with Crippen molar-refractivity contribution >= 4 is 9.84 Å². The normalized spacial score (nSPS) is 27.7. The number of sulfone groups is 1. The molecule has 0 aromatic heterocycles. The first-order valence-corrected chi connectivity index (χ1v) is 7.89. The van der Waals surface area contributed by atoms with Gasteiger partial charge in [0.1, 0.15) is 5.82 Å². The molecule has 0 radical (unpaired) electrons. The van der Waals surface area contributed by atoms with Crippen molar-refractivity contribution in [2.45, 2.75) is 36.3 Å². The van der Waals surface area contributed by atoms with Gasteiger partial charge in [-0.05, 0) is 43.4 Å². The molecule has 0 heterocycles. The van der Waals surface area contributed by atoms with Gasteiger partial charge >= 0.3 is 0 Å². The van der Waals surface area contributed by atoms with Crippen LogP contribution < -0.4 is 0 Å². The summed E-state index contributed by atoms with van der Waals surface area (Å²) in [6.07, 6.45) is 1.93. The van der Waals surface area contributed by atoms with E-state index in [0.717, 1.165) is 12.5 Å². The summed E-state index contributed by atoms with van der Waals surface area (Å²) in [6, 6.07) is 7.12. The Bertz CT molecular complexity index is 606. The molecule has 102 valence electrons. The summed E-state index contributed by atoms with van der Waals surface area (Å²) < 4.78 is 38.3. The summed E-state index contributed by atoms with van der Waals surface area (Å²) in [5.74, 6) is -0.791. The van der Waals surface area contributed by atoms with Gasteiger partial charge in [0.05, 0.1) is 22.1 Å². The Morgan fingerprint density at radius 2 is 2.11 bits per heavy atom. The van der Waals surface area contributed by atoms with Gasteiger partial charge in [-0.3, -0.25) is 0 Å². The highest BCUT2D eigenvalue weighted by molar-refractivity contribution is 7.92. The summed E-state index contributed by atoms with van der Waals surface area (Å²) in [7, 11) is -3.64. The molecule has 0 amide bonds. The zero-order valence-corrected chi connectivity index (χ0v) is 11.5. The highest BCUT2D eigenvalue weighted by Crippen LogP contribution is 2.35. The second-order valence-corrected chi connectivity index (χ2v) is 7.36. The van der Waals surface area contributed by atoms with Gasteiger partial charge in [0.15, 0.2) is 9.84 Å². The van der Waals surface area contributed by atoms with Crippen molar-refractivity contribution in [3.8, 4) is 6.07 Å². The molecular formula is C14H16FNO2S. The first kappa shape index (κ1) is 14.0. The zero-order chi connectivity index (χ0) is 14.0. The number of halogens is 1. The fraction of sp³-hybridized carbons (Fsp3) is 0.500. The summed E-state index contributed by atoms with van der Waals surface area (Å²) in [6.45, 7) is 1.99. The Kier molecular flexibility index (Phi) is 3.91. The number of hydrogen-bond acceptors (Lipinski definition) is 3. The molecule has 1 aliphatic rings. The Morgan fingerprint density at radius 1 is 1.37 bits per heavy atom. The molecule has 1 aliphatic carbocycles. The first-order valence-electron chi connectivity index (χ1n) is 6.34. The van der Waals surface area contributed by atoms with Crippen LogP contribution in [0.25, 0.3) is 0 Å². The number of rotatable bonds is 2. The van der Waals surface area contributed by atoms with Gasteiger partial charge in [-0.2, -0.15) is 5.26 Å². The molecule has 19 heavy (non-hydrogen) atoms. The standard InChI is InChI=1S/C14H16FNO2S/c1-10-5-6-11(9-16)14(7-10)19(17,18)13-4-2-3-12(15)8-13/h2-4,8,10-11,14H,5-7H2,1H3. The van der Waals surface area contributed by atoms with E-state index in [9.17, 15) is 12.8 Å². The Balaban J connectivity index is 2.40. The van der Waals surface area contributed by atoms with Gasteiger partial charge in [0.2, 0.25) is 0 Å². The average Bonchev–Trinajstić information content (AvgIpc) is 2.38. The lowest BCUT2D eigenvalue weighted by molar-refractivity contribution is 0.334. The second kappa shape index (κ2) is 5.30. The molecule has 1 aromatic carbocycles. The van der Waals surface area contributed by atoms with E-state index in [0.29, 0.717) is 12.8 Å². The minimum Gasteiger partial charge on any atom is -0.223 e. The molecule has 3 nitrogen and oxygen atoms in total. The monoisotopic (exact) mass is 281 g/mol. The number of benzene rings is 1. The van der Waals surface area contributed by atoms with Gasteiger partial charge < -0.3 is 0 Å². The van der Waals surface area contributed by atoms with E-state index in [2.05, 4.69) is 6.07 Å². The minimum atomic E-state index is -3.64. The van der Waals surface area contributed by atoms with Crippen molar-refractivity contribution in [1.29, 1.82) is 5.26 Å². The summed E-state index contributed by atoms with van der Waals surface area (Å²) in [5, 5.41) is 8.40. The molecular weight excluding hydrogens is 265 g/mol. The molecule has 3 atom stereocenters. The van der Waals surface area contributed by atoms with Crippen molar-refractivity contribution < 1.29 is 12.8 Å². The zero-order valence-electron chi connectivity index (χ0n) is 10.7. The number of nitriles is 1. The number of nitrogens with zero attached hydrogens (tertiary/aromatic N) is 1. The Labute approximate surface area is 113 Å². The van der Waals surface area contributed by atoms with Crippen LogP contribution in [0, 0.1) is 29.0 Å². The Morgan fingerprint density at radius 3 is 2.74 bits per heavy atom. The van der Waals surface area contributed by atoms with E-state index in [1.807, 2.05) is 6.92 Å². The lowest BCUT2D eigenvalue weighted by Crippen LogP contribution is -2.35. The fourth-order valence-electron chi connectivity index (χ4n) is 2.64. The third kappa shape index (κ3) is 2.79. The van der Waals surface area contributed by atoms with Crippen LogP contribution in [0.3, 0.4) is 0 Å². The molecule has 1 aromatic rings. The third-order valence-electron chi connectivity index (χ3n) is 3.74. The van der Waals surface area contributed by atoms with Gasteiger partial charge in [-0.1, -0.05) is 13.0 Å².